The molecule has 1 saturated heterocycles. The molecule has 1 aromatic carbocycles. The van der Waals surface area contributed by atoms with E-state index in [9.17, 15) is 9.59 Å². The van der Waals surface area contributed by atoms with Gasteiger partial charge in [0.25, 0.3) is 5.91 Å². The molecule has 3 N–H and O–H groups in total. The Morgan fingerprint density at radius 3 is 2.28 bits per heavy atom. The standard InChI is InChI=1S/C18H28N4O2.ClH/c1-3-14(2)20-17(23)13-21-8-10-22(11-9-21)18(24)16-6-4-15(12-19)5-7-16;/h4-7,14H,3,8-13,19H2,1-2H3,(H,20,23);1H. The summed E-state index contributed by atoms with van der Waals surface area (Å²) in [5.74, 6) is 0.101. The summed E-state index contributed by atoms with van der Waals surface area (Å²) in [5, 5.41) is 2.98. The maximum absolute atomic E-state index is 12.5. The Labute approximate surface area is 156 Å². The molecule has 7 heteroatoms. The maximum Gasteiger partial charge on any atom is 0.253 e. The van der Waals surface area contributed by atoms with Crippen LogP contribution >= 0.6 is 12.4 Å². The van der Waals surface area contributed by atoms with Gasteiger partial charge in [-0.25, -0.2) is 0 Å². The van der Waals surface area contributed by atoms with Crippen molar-refractivity contribution < 1.29 is 9.59 Å². The molecule has 1 atom stereocenters. The third kappa shape index (κ3) is 6.30. The highest BCUT2D eigenvalue weighted by atomic mass is 35.5. The average molecular weight is 369 g/mol. The second kappa shape index (κ2) is 10.4. The van der Waals surface area contributed by atoms with Crippen LogP contribution in [0.25, 0.3) is 0 Å². The molecule has 0 aliphatic carbocycles. The van der Waals surface area contributed by atoms with E-state index in [2.05, 4.69) is 17.1 Å². The third-order valence-corrected chi connectivity index (χ3v) is 4.48. The van der Waals surface area contributed by atoms with Crippen LogP contribution in [0.4, 0.5) is 0 Å². The summed E-state index contributed by atoms with van der Waals surface area (Å²) >= 11 is 0. The van der Waals surface area contributed by atoms with Crippen LogP contribution in [0.3, 0.4) is 0 Å². The van der Waals surface area contributed by atoms with Crippen LogP contribution in [0.5, 0.6) is 0 Å². The van der Waals surface area contributed by atoms with E-state index in [1.54, 1.807) is 0 Å². The molecule has 1 aliphatic heterocycles. The van der Waals surface area contributed by atoms with E-state index in [0.29, 0.717) is 31.7 Å². The van der Waals surface area contributed by atoms with Crippen molar-refractivity contribution in [1.82, 2.24) is 15.1 Å². The lowest BCUT2D eigenvalue weighted by Gasteiger charge is -2.34. The highest BCUT2D eigenvalue weighted by Gasteiger charge is 2.23. The van der Waals surface area contributed by atoms with Gasteiger partial charge in [0.1, 0.15) is 0 Å². The number of halogens is 1. The molecular weight excluding hydrogens is 340 g/mol. The summed E-state index contributed by atoms with van der Waals surface area (Å²) in [4.78, 5) is 28.4. The van der Waals surface area contributed by atoms with Crippen LogP contribution in [0.15, 0.2) is 24.3 Å². The summed E-state index contributed by atoms with van der Waals surface area (Å²) in [6.45, 7) is 7.67. The minimum atomic E-state index is 0. The van der Waals surface area contributed by atoms with Gasteiger partial charge in [-0.05, 0) is 31.0 Å². The molecule has 1 heterocycles. The van der Waals surface area contributed by atoms with Crippen molar-refractivity contribution >= 4 is 24.2 Å². The van der Waals surface area contributed by atoms with Crippen LogP contribution in [-0.2, 0) is 11.3 Å². The Kier molecular flexibility index (Phi) is 8.89. The number of benzene rings is 1. The molecule has 1 aliphatic rings. The fourth-order valence-corrected chi connectivity index (χ4v) is 2.70. The lowest BCUT2D eigenvalue weighted by atomic mass is 10.1. The van der Waals surface area contributed by atoms with Gasteiger partial charge in [-0.2, -0.15) is 0 Å². The van der Waals surface area contributed by atoms with E-state index in [4.69, 9.17) is 5.73 Å². The molecule has 0 bridgehead atoms. The van der Waals surface area contributed by atoms with E-state index >= 15 is 0 Å². The van der Waals surface area contributed by atoms with Crippen molar-refractivity contribution in [2.75, 3.05) is 32.7 Å². The van der Waals surface area contributed by atoms with E-state index in [0.717, 1.165) is 25.1 Å². The Bertz CT molecular complexity index is 557. The highest BCUT2D eigenvalue weighted by Crippen LogP contribution is 2.10. The number of piperazine rings is 1. The lowest BCUT2D eigenvalue weighted by molar-refractivity contribution is -0.123. The maximum atomic E-state index is 12.5. The Morgan fingerprint density at radius 2 is 1.76 bits per heavy atom. The van der Waals surface area contributed by atoms with Crippen LogP contribution in [0.2, 0.25) is 0 Å². The predicted octanol–water partition coefficient (Wildman–Crippen LogP) is 1.24. The minimum Gasteiger partial charge on any atom is -0.353 e. The van der Waals surface area contributed by atoms with Crippen molar-refractivity contribution in [3.05, 3.63) is 35.4 Å². The van der Waals surface area contributed by atoms with Gasteiger partial charge in [-0.3, -0.25) is 14.5 Å². The Balaban J connectivity index is 0.00000312. The number of hydrogen-bond donors (Lipinski definition) is 2. The molecule has 25 heavy (non-hydrogen) atoms. The number of hydrogen-bond acceptors (Lipinski definition) is 4. The first-order valence-corrected chi connectivity index (χ1v) is 8.63. The minimum absolute atomic E-state index is 0. The number of nitrogens with zero attached hydrogens (tertiary/aromatic N) is 2. The summed E-state index contributed by atoms with van der Waals surface area (Å²) in [7, 11) is 0. The van der Waals surface area contributed by atoms with Crippen molar-refractivity contribution in [3.63, 3.8) is 0 Å². The number of rotatable bonds is 6. The first-order chi connectivity index (χ1) is 11.5. The number of nitrogens with one attached hydrogen (secondary N) is 1. The van der Waals surface area contributed by atoms with Gasteiger partial charge in [0.15, 0.2) is 0 Å². The monoisotopic (exact) mass is 368 g/mol. The number of carbonyl (C=O) groups is 2. The van der Waals surface area contributed by atoms with Gasteiger partial charge in [0.05, 0.1) is 6.54 Å². The van der Waals surface area contributed by atoms with E-state index < -0.39 is 0 Å². The fourth-order valence-electron chi connectivity index (χ4n) is 2.70. The third-order valence-electron chi connectivity index (χ3n) is 4.48. The van der Waals surface area contributed by atoms with Crippen molar-refractivity contribution in [2.24, 2.45) is 5.73 Å². The van der Waals surface area contributed by atoms with Crippen LogP contribution in [0, 0.1) is 0 Å². The van der Waals surface area contributed by atoms with Gasteiger partial charge in [0.2, 0.25) is 5.91 Å². The topological polar surface area (TPSA) is 78.7 Å². The van der Waals surface area contributed by atoms with Gasteiger partial charge >= 0.3 is 0 Å². The first-order valence-electron chi connectivity index (χ1n) is 8.63. The number of carbonyl (C=O) groups excluding carboxylic acids is 2. The molecule has 6 nitrogen and oxygen atoms in total. The molecule has 140 valence electrons. The van der Waals surface area contributed by atoms with Crippen molar-refractivity contribution in [3.8, 4) is 0 Å². The van der Waals surface area contributed by atoms with Crippen LogP contribution < -0.4 is 11.1 Å². The second-order valence-corrected chi connectivity index (χ2v) is 6.35. The SMILES string of the molecule is CCC(C)NC(=O)CN1CCN(C(=O)c2ccc(CN)cc2)CC1.Cl. The normalized spacial score (nSPS) is 16.0. The second-order valence-electron chi connectivity index (χ2n) is 6.35. The molecular formula is C18H29ClN4O2. The smallest absolute Gasteiger partial charge is 0.253 e. The molecule has 0 spiro atoms. The van der Waals surface area contributed by atoms with Crippen LogP contribution in [-0.4, -0.2) is 60.4 Å². The number of nitrogens with two attached hydrogens (primary N) is 1. The molecule has 1 fully saturated rings. The molecule has 2 amide bonds. The number of amides is 2. The van der Waals surface area contributed by atoms with Gasteiger partial charge in [-0.1, -0.05) is 19.1 Å². The summed E-state index contributed by atoms with van der Waals surface area (Å²) in [6.07, 6.45) is 0.928. The molecule has 2 rings (SSSR count). The summed E-state index contributed by atoms with van der Waals surface area (Å²) < 4.78 is 0. The van der Waals surface area contributed by atoms with E-state index in [-0.39, 0.29) is 30.3 Å². The fraction of sp³-hybridized carbons (Fsp3) is 0.556. The van der Waals surface area contributed by atoms with E-state index in [1.165, 1.54) is 0 Å². The highest BCUT2D eigenvalue weighted by molar-refractivity contribution is 5.94. The molecule has 1 unspecified atom stereocenters. The predicted molar refractivity (Wildman–Crippen MR) is 102 cm³/mol. The van der Waals surface area contributed by atoms with Gasteiger partial charge in [0, 0.05) is 44.3 Å². The molecule has 1 aromatic rings. The first kappa shape index (κ1) is 21.4. The van der Waals surface area contributed by atoms with Gasteiger partial charge < -0.3 is 16.0 Å². The quantitative estimate of drug-likeness (QED) is 0.791. The lowest BCUT2D eigenvalue weighted by Crippen LogP contribution is -2.51. The largest absolute Gasteiger partial charge is 0.353 e. The Morgan fingerprint density at radius 1 is 1.16 bits per heavy atom. The zero-order valence-electron chi connectivity index (χ0n) is 15.0. The molecule has 0 radical (unpaired) electrons. The zero-order chi connectivity index (χ0) is 17.5. The average Bonchev–Trinajstić information content (AvgIpc) is 2.61. The van der Waals surface area contributed by atoms with Crippen molar-refractivity contribution in [2.45, 2.75) is 32.9 Å². The van der Waals surface area contributed by atoms with Crippen molar-refractivity contribution in [1.29, 1.82) is 0 Å². The Hall–Kier alpha value is -1.63. The van der Waals surface area contributed by atoms with Crippen LogP contribution in [0.1, 0.15) is 36.2 Å². The summed E-state index contributed by atoms with van der Waals surface area (Å²) in [5.41, 5.74) is 7.29. The molecule has 0 saturated carbocycles. The van der Waals surface area contributed by atoms with E-state index in [1.807, 2.05) is 36.1 Å². The summed E-state index contributed by atoms with van der Waals surface area (Å²) in [6, 6.07) is 7.65. The van der Waals surface area contributed by atoms with Gasteiger partial charge in [-0.15, -0.1) is 12.4 Å². The zero-order valence-corrected chi connectivity index (χ0v) is 15.8. The molecule has 0 aromatic heterocycles.